The summed E-state index contributed by atoms with van der Waals surface area (Å²) in [5, 5.41) is 0. The molecule has 0 spiro atoms. The van der Waals surface area contributed by atoms with E-state index in [0.29, 0.717) is 17.1 Å². The lowest BCUT2D eigenvalue weighted by Crippen LogP contribution is -2.15. The van der Waals surface area contributed by atoms with Crippen LogP contribution in [0.4, 0.5) is 0 Å². The van der Waals surface area contributed by atoms with Crippen LogP contribution in [0.15, 0.2) is 42.5 Å². The zero-order chi connectivity index (χ0) is 19.3. The maximum absolute atomic E-state index is 13.1. The summed E-state index contributed by atoms with van der Waals surface area (Å²) in [6, 6.07) is 11.6. The molecule has 0 fully saturated rings. The molecule has 0 bridgehead atoms. The van der Waals surface area contributed by atoms with Gasteiger partial charge in [-0.3, -0.25) is 0 Å². The Morgan fingerprint density at radius 1 is 0.962 bits per heavy atom. The number of esters is 1. The molecule has 26 heavy (non-hydrogen) atoms. The van der Waals surface area contributed by atoms with E-state index < -0.39 is 5.97 Å². The summed E-state index contributed by atoms with van der Waals surface area (Å²) < 4.78 is 11.4. The summed E-state index contributed by atoms with van der Waals surface area (Å²) in [6.07, 6.45) is 3.78. The van der Waals surface area contributed by atoms with Crippen LogP contribution in [0.25, 0.3) is 6.08 Å². The molecule has 0 aliphatic heterocycles. The van der Waals surface area contributed by atoms with Gasteiger partial charge in [-0.2, -0.15) is 0 Å². The smallest absolute Gasteiger partial charge is 0.347 e. The molecule has 0 aromatic heterocycles. The molecular weight excluding hydrogens is 324 g/mol. The third-order valence-electron chi connectivity index (χ3n) is 4.34. The van der Waals surface area contributed by atoms with Crippen LogP contribution in [0.1, 0.15) is 73.5 Å². The lowest BCUT2D eigenvalue weighted by atomic mass is 9.94. The third kappa shape index (κ3) is 4.16. The van der Waals surface area contributed by atoms with Gasteiger partial charge in [0.2, 0.25) is 0 Å². The molecule has 3 heteroatoms. The zero-order valence-corrected chi connectivity index (χ0v) is 16.5. The predicted molar refractivity (Wildman–Crippen MR) is 107 cm³/mol. The average molecular weight is 352 g/mol. The molecular formula is C23H28O3. The van der Waals surface area contributed by atoms with E-state index in [9.17, 15) is 4.79 Å². The van der Waals surface area contributed by atoms with Gasteiger partial charge in [-0.1, -0.05) is 70.2 Å². The predicted octanol–water partition coefficient (Wildman–Crippen LogP) is 6.19. The Morgan fingerprint density at radius 3 is 2.04 bits per heavy atom. The zero-order valence-electron chi connectivity index (χ0n) is 16.5. The fourth-order valence-electron chi connectivity index (χ4n) is 3.00. The van der Waals surface area contributed by atoms with Crippen LogP contribution in [-0.2, 0) is 0 Å². The third-order valence-corrected chi connectivity index (χ3v) is 4.34. The highest BCUT2D eigenvalue weighted by molar-refractivity contribution is 5.98. The topological polar surface area (TPSA) is 35.5 Å². The maximum atomic E-state index is 13.1. The van der Waals surface area contributed by atoms with Crippen molar-refractivity contribution in [3.05, 3.63) is 64.7 Å². The van der Waals surface area contributed by atoms with Gasteiger partial charge in [0.05, 0.1) is 7.11 Å². The van der Waals surface area contributed by atoms with Crippen LogP contribution in [0, 0.1) is 0 Å². The number of benzene rings is 2. The van der Waals surface area contributed by atoms with Crippen molar-refractivity contribution in [3.8, 4) is 11.5 Å². The van der Waals surface area contributed by atoms with Gasteiger partial charge in [0, 0.05) is 0 Å². The molecule has 2 aromatic rings. The van der Waals surface area contributed by atoms with Gasteiger partial charge in [-0.05, 0) is 41.5 Å². The number of carbonyl (C=O) groups is 1. The van der Waals surface area contributed by atoms with Crippen LogP contribution in [0.3, 0.4) is 0 Å². The molecule has 0 N–H and O–H groups in total. The van der Waals surface area contributed by atoms with Crippen molar-refractivity contribution in [1.82, 2.24) is 0 Å². The van der Waals surface area contributed by atoms with Crippen molar-refractivity contribution >= 4 is 12.0 Å². The number of ether oxygens (including phenoxy) is 2. The first-order valence-corrected chi connectivity index (χ1v) is 9.05. The molecule has 0 radical (unpaired) electrons. The van der Waals surface area contributed by atoms with E-state index in [-0.39, 0.29) is 11.8 Å². The molecule has 0 amide bonds. The summed E-state index contributed by atoms with van der Waals surface area (Å²) in [5.41, 5.74) is 3.30. The average Bonchev–Trinajstić information content (AvgIpc) is 2.61. The summed E-state index contributed by atoms with van der Waals surface area (Å²) in [6.45, 7) is 10.3. The quantitative estimate of drug-likeness (QED) is 0.459. The molecule has 0 heterocycles. The van der Waals surface area contributed by atoms with E-state index in [1.165, 1.54) is 0 Å². The normalized spacial score (nSPS) is 11.4. The second-order valence-electron chi connectivity index (χ2n) is 6.89. The first-order valence-electron chi connectivity index (χ1n) is 9.05. The number of rotatable bonds is 6. The van der Waals surface area contributed by atoms with Gasteiger partial charge in [0.1, 0.15) is 17.1 Å². The molecule has 2 aromatic carbocycles. The van der Waals surface area contributed by atoms with E-state index in [2.05, 4.69) is 27.7 Å². The highest BCUT2D eigenvalue weighted by Gasteiger charge is 2.22. The Labute approximate surface area is 156 Å². The number of methoxy groups -OCH3 is 1. The molecule has 0 saturated carbocycles. The van der Waals surface area contributed by atoms with Crippen LogP contribution in [0.2, 0.25) is 0 Å². The number of hydrogen-bond acceptors (Lipinski definition) is 3. The van der Waals surface area contributed by atoms with Crippen molar-refractivity contribution < 1.29 is 14.3 Å². The lowest BCUT2D eigenvalue weighted by Gasteiger charge is -2.20. The lowest BCUT2D eigenvalue weighted by molar-refractivity contribution is 0.0727. The molecule has 138 valence electrons. The molecule has 0 saturated heterocycles. The minimum atomic E-state index is -0.398. The molecule has 0 aliphatic carbocycles. The van der Waals surface area contributed by atoms with Gasteiger partial charge >= 0.3 is 5.97 Å². The van der Waals surface area contributed by atoms with E-state index >= 15 is 0 Å². The van der Waals surface area contributed by atoms with Gasteiger partial charge in [-0.15, -0.1) is 0 Å². The number of hydrogen-bond donors (Lipinski definition) is 0. The highest BCUT2D eigenvalue weighted by atomic mass is 16.5. The Hall–Kier alpha value is -2.55. The minimum absolute atomic E-state index is 0.254. The second kappa shape index (κ2) is 8.70. The second-order valence-corrected chi connectivity index (χ2v) is 6.89. The Kier molecular flexibility index (Phi) is 6.62. The van der Waals surface area contributed by atoms with E-state index in [1.807, 2.05) is 49.4 Å². The monoisotopic (exact) mass is 352 g/mol. The SMILES string of the molecule is C/C=C/c1cccc(OC)c1C(=O)Oc1c(C(C)C)cccc1C(C)C. The highest BCUT2D eigenvalue weighted by Crippen LogP contribution is 2.36. The molecule has 3 nitrogen and oxygen atoms in total. The van der Waals surface area contributed by atoms with Gasteiger partial charge < -0.3 is 9.47 Å². The molecule has 0 atom stereocenters. The Morgan fingerprint density at radius 2 is 1.54 bits per heavy atom. The summed E-state index contributed by atoms with van der Waals surface area (Å²) in [5.74, 6) is 1.29. The van der Waals surface area contributed by atoms with E-state index in [1.54, 1.807) is 13.2 Å². The molecule has 0 aliphatic rings. The van der Waals surface area contributed by atoms with Crippen molar-refractivity contribution in [3.63, 3.8) is 0 Å². The first kappa shape index (κ1) is 19.8. The van der Waals surface area contributed by atoms with Crippen molar-refractivity contribution in [1.29, 1.82) is 0 Å². The van der Waals surface area contributed by atoms with Gasteiger partial charge in [0.25, 0.3) is 0 Å². The van der Waals surface area contributed by atoms with Crippen molar-refractivity contribution in [2.45, 2.75) is 46.5 Å². The summed E-state index contributed by atoms with van der Waals surface area (Å²) in [7, 11) is 1.56. The Balaban J connectivity index is 2.55. The number of carbonyl (C=O) groups excluding carboxylic acids is 1. The van der Waals surface area contributed by atoms with Crippen molar-refractivity contribution in [2.24, 2.45) is 0 Å². The number of para-hydroxylation sites is 1. The molecule has 0 unspecified atom stereocenters. The van der Waals surface area contributed by atoms with Crippen LogP contribution < -0.4 is 9.47 Å². The fourth-order valence-corrected chi connectivity index (χ4v) is 3.00. The minimum Gasteiger partial charge on any atom is -0.496 e. The van der Waals surface area contributed by atoms with Crippen LogP contribution in [-0.4, -0.2) is 13.1 Å². The van der Waals surface area contributed by atoms with Crippen molar-refractivity contribution in [2.75, 3.05) is 7.11 Å². The van der Waals surface area contributed by atoms with Crippen LogP contribution in [0.5, 0.6) is 11.5 Å². The largest absolute Gasteiger partial charge is 0.496 e. The first-order chi connectivity index (χ1) is 12.4. The van der Waals surface area contributed by atoms with E-state index in [0.717, 1.165) is 16.7 Å². The van der Waals surface area contributed by atoms with Gasteiger partial charge in [-0.25, -0.2) is 4.79 Å². The van der Waals surface area contributed by atoms with Crippen LogP contribution >= 0.6 is 0 Å². The summed E-state index contributed by atoms with van der Waals surface area (Å²) in [4.78, 5) is 13.1. The fraction of sp³-hybridized carbons (Fsp3) is 0.348. The number of allylic oxidation sites excluding steroid dienone is 1. The Bertz CT molecular complexity index is 775. The maximum Gasteiger partial charge on any atom is 0.347 e. The van der Waals surface area contributed by atoms with E-state index in [4.69, 9.17) is 9.47 Å². The molecule has 2 rings (SSSR count). The summed E-state index contributed by atoms with van der Waals surface area (Å²) >= 11 is 0. The standard InChI is InChI=1S/C23H28O3/c1-7-10-17-11-8-14-20(25-6)21(17)23(24)26-22-18(15(2)3)12-9-13-19(22)16(4)5/h7-16H,1-6H3/b10-7+. The van der Waals surface area contributed by atoms with Gasteiger partial charge in [0.15, 0.2) is 0 Å².